The molecular formula is C24H26FN3O6S2. The minimum atomic E-state index is -4.37. The van der Waals surface area contributed by atoms with E-state index < -0.39 is 20.8 Å². The molecule has 2 aromatic carbocycles. The molecule has 192 valence electrons. The van der Waals surface area contributed by atoms with Crippen LogP contribution in [0.5, 0.6) is 0 Å². The number of amides is 2. The molecule has 1 unspecified atom stereocenters. The molecule has 0 spiro atoms. The number of carbonyl (C=O) groups is 2. The van der Waals surface area contributed by atoms with Gasteiger partial charge < -0.3 is 14.8 Å². The van der Waals surface area contributed by atoms with Crippen molar-refractivity contribution in [3.63, 3.8) is 0 Å². The fraction of sp³-hybridized carbons (Fsp3) is 0.375. The van der Waals surface area contributed by atoms with Crippen LogP contribution in [-0.4, -0.2) is 56.4 Å². The van der Waals surface area contributed by atoms with Crippen LogP contribution in [0, 0.1) is 5.82 Å². The number of hydrogen-bond acceptors (Lipinski definition) is 8. The molecule has 2 amide bonds. The summed E-state index contributed by atoms with van der Waals surface area (Å²) in [6.45, 7) is 5.10. The summed E-state index contributed by atoms with van der Waals surface area (Å²) in [4.78, 5) is 26.0. The number of hydrogen-bond donors (Lipinski definition) is 1. The molecule has 0 fully saturated rings. The van der Waals surface area contributed by atoms with Crippen LogP contribution in [0.25, 0.3) is 21.3 Å². The largest absolute Gasteiger partial charge is 0.377 e. The van der Waals surface area contributed by atoms with Gasteiger partial charge in [-0.1, -0.05) is 6.07 Å². The van der Waals surface area contributed by atoms with Crippen LogP contribution >= 0.6 is 11.3 Å². The van der Waals surface area contributed by atoms with E-state index in [1.807, 2.05) is 0 Å². The summed E-state index contributed by atoms with van der Waals surface area (Å²) in [6.07, 6.45) is 0.0836. The van der Waals surface area contributed by atoms with E-state index in [9.17, 15) is 18.0 Å². The Hall–Kier alpha value is -2.93. The summed E-state index contributed by atoms with van der Waals surface area (Å²) in [5, 5.41) is 2.78. The first-order valence-electron chi connectivity index (χ1n) is 11.2. The third kappa shape index (κ3) is 4.49. The number of halogens is 1. The summed E-state index contributed by atoms with van der Waals surface area (Å²) in [6, 6.07) is 7.88. The van der Waals surface area contributed by atoms with Crippen molar-refractivity contribution in [2.24, 2.45) is 0 Å². The summed E-state index contributed by atoms with van der Waals surface area (Å²) in [7, 11) is -3.16. The predicted octanol–water partition coefficient (Wildman–Crippen LogP) is 3.38. The van der Waals surface area contributed by atoms with Gasteiger partial charge in [-0.05, 0) is 56.2 Å². The zero-order valence-corrected chi connectivity index (χ0v) is 21.8. The normalized spacial score (nSPS) is 15.1. The van der Waals surface area contributed by atoms with E-state index >= 15 is 4.39 Å². The van der Waals surface area contributed by atoms with Gasteiger partial charge in [0.1, 0.15) is 10.8 Å². The van der Waals surface area contributed by atoms with Gasteiger partial charge in [0.25, 0.3) is 15.9 Å². The second-order valence-electron chi connectivity index (χ2n) is 8.66. The van der Waals surface area contributed by atoms with E-state index in [-0.39, 0.29) is 42.1 Å². The van der Waals surface area contributed by atoms with Crippen molar-refractivity contribution in [3.8, 4) is 11.1 Å². The van der Waals surface area contributed by atoms with Crippen LogP contribution in [-0.2, 0) is 35.8 Å². The van der Waals surface area contributed by atoms with Crippen molar-refractivity contribution in [2.75, 3.05) is 20.3 Å². The number of benzene rings is 2. The van der Waals surface area contributed by atoms with Crippen LogP contribution in [0.2, 0.25) is 0 Å². The lowest BCUT2D eigenvalue weighted by molar-refractivity contribution is -0.115. The molecule has 1 aliphatic rings. The van der Waals surface area contributed by atoms with Gasteiger partial charge in [-0.2, -0.15) is 0 Å². The molecule has 4 rings (SSSR count). The predicted molar refractivity (Wildman–Crippen MR) is 133 cm³/mol. The van der Waals surface area contributed by atoms with E-state index in [4.69, 9.17) is 9.47 Å². The SMILES string of the molecule is COC(C)(c1nc2cc(-c3ccc4c(c3)CNC4=O)c(F)cc2s1)S(=O)(=O)N(C=O)CCOC(C)C. The zero-order chi connectivity index (χ0) is 26.3. The van der Waals surface area contributed by atoms with Crippen LogP contribution in [0.1, 0.15) is 41.7 Å². The molecule has 0 saturated carbocycles. The molecule has 1 atom stereocenters. The van der Waals surface area contributed by atoms with E-state index in [0.29, 0.717) is 32.2 Å². The number of ether oxygens (including phenoxy) is 2. The molecule has 2 heterocycles. The molecule has 0 bridgehead atoms. The smallest absolute Gasteiger partial charge is 0.273 e. The monoisotopic (exact) mass is 535 g/mol. The van der Waals surface area contributed by atoms with E-state index in [1.54, 1.807) is 32.0 Å². The maximum Gasteiger partial charge on any atom is 0.273 e. The maximum atomic E-state index is 15.1. The summed E-state index contributed by atoms with van der Waals surface area (Å²) in [5.41, 5.74) is 2.53. The lowest BCUT2D eigenvalue weighted by atomic mass is 10.00. The minimum absolute atomic E-state index is 0.0196. The number of rotatable bonds is 10. The second kappa shape index (κ2) is 9.85. The van der Waals surface area contributed by atoms with Crippen LogP contribution in [0.15, 0.2) is 30.3 Å². The standard InChI is InChI=1S/C24H26FN3O6S2/c1-14(2)34-8-7-28(13-29)36(31,32)24(3,33-4)23-27-20-10-18(19(25)11-21(20)35-23)15-5-6-17-16(9-15)12-26-22(17)30/h5-6,9-11,13-14H,7-8,12H2,1-4H3,(H,26,30). The lowest BCUT2D eigenvalue weighted by Gasteiger charge is -2.30. The van der Waals surface area contributed by atoms with Crippen LogP contribution < -0.4 is 5.32 Å². The molecule has 12 heteroatoms. The average molecular weight is 536 g/mol. The Morgan fingerprint density at radius 2 is 2.03 bits per heavy atom. The van der Waals surface area contributed by atoms with Gasteiger partial charge in [0.05, 0.1) is 29.5 Å². The van der Waals surface area contributed by atoms with Gasteiger partial charge in [-0.25, -0.2) is 22.1 Å². The summed E-state index contributed by atoms with van der Waals surface area (Å²) >= 11 is 0.967. The molecule has 0 saturated heterocycles. The fourth-order valence-corrected chi connectivity index (χ4v) is 6.69. The Labute approximate surface area is 212 Å². The molecule has 1 aliphatic heterocycles. The molecule has 1 aromatic heterocycles. The summed E-state index contributed by atoms with van der Waals surface area (Å²) < 4.78 is 53.8. The second-order valence-corrected chi connectivity index (χ2v) is 11.9. The first-order chi connectivity index (χ1) is 17.0. The number of thiazole rings is 1. The molecule has 3 aromatic rings. The molecule has 9 nitrogen and oxygen atoms in total. The van der Waals surface area contributed by atoms with Gasteiger partial charge in [0, 0.05) is 24.8 Å². The molecule has 0 radical (unpaired) electrons. The Bertz CT molecular complexity index is 1440. The Morgan fingerprint density at radius 3 is 2.69 bits per heavy atom. The van der Waals surface area contributed by atoms with Crippen molar-refractivity contribution >= 4 is 43.9 Å². The zero-order valence-electron chi connectivity index (χ0n) is 20.2. The Balaban J connectivity index is 1.72. The molecular weight excluding hydrogens is 509 g/mol. The average Bonchev–Trinajstić information content (AvgIpc) is 3.43. The number of fused-ring (bicyclic) bond motifs is 2. The highest BCUT2D eigenvalue weighted by atomic mass is 32.2. The lowest BCUT2D eigenvalue weighted by Crippen LogP contribution is -2.46. The Morgan fingerprint density at radius 1 is 1.28 bits per heavy atom. The molecule has 0 aliphatic carbocycles. The van der Waals surface area contributed by atoms with Crippen molar-refractivity contribution in [3.05, 3.63) is 52.3 Å². The molecule has 36 heavy (non-hydrogen) atoms. The van der Waals surface area contributed by atoms with Crippen LogP contribution in [0.3, 0.4) is 0 Å². The van der Waals surface area contributed by atoms with Gasteiger partial charge in [0.15, 0.2) is 0 Å². The topological polar surface area (TPSA) is 115 Å². The quantitative estimate of drug-likeness (QED) is 0.396. The molecule has 1 N–H and O–H groups in total. The van der Waals surface area contributed by atoms with E-state index in [0.717, 1.165) is 16.9 Å². The highest BCUT2D eigenvalue weighted by molar-refractivity contribution is 7.90. The van der Waals surface area contributed by atoms with Gasteiger partial charge in [-0.3, -0.25) is 9.59 Å². The number of aromatic nitrogens is 1. The third-order valence-corrected chi connectivity index (χ3v) is 9.62. The summed E-state index contributed by atoms with van der Waals surface area (Å²) in [5.74, 6) is -0.686. The van der Waals surface area contributed by atoms with Gasteiger partial charge in [-0.15, -0.1) is 11.3 Å². The van der Waals surface area contributed by atoms with Gasteiger partial charge in [0.2, 0.25) is 11.3 Å². The minimum Gasteiger partial charge on any atom is -0.377 e. The number of methoxy groups -OCH3 is 1. The van der Waals surface area contributed by atoms with Gasteiger partial charge >= 0.3 is 0 Å². The number of sulfonamides is 1. The highest BCUT2D eigenvalue weighted by Crippen LogP contribution is 2.40. The van der Waals surface area contributed by atoms with Crippen LogP contribution in [0.4, 0.5) is 4.39 Å². The van der Waals surface area contributed by atoms with Crippen molar-refractivity contribution < 1.29 is 31.9 Å². The number of nitrogens with zero attached hydrogens (tertiary/aromatic N) is 2. The number of nitrogens with one attached hydrogen (secondary N) is 1. The van der Waals surface area contributed by atoms with E-state index in [1.165, 1.54) is 26.2 Å². The van der Waals surface area contributed by atoms with E-state index in [2.05, 4.69) is 10.3 Å². The first-order valence-corrected chi connectivity index (χ1v) is 13.4. The highest BCUT2D eigenvalue weighted by Gasteiger charge is 2.48. The number of carbonyl (C=O) groups excluding carboxylic acids is 2. The third-order valence-electron chi connectivity index (χ3n) is 6.04. The van der Waals surface area contributed by atoms with Crippen molar-refractivity contribution in [1.29, 1.82) is 0 Å². The van der Waals surface area contributed by atoms with Crippen molar-refractivity contribution in [2.45, 2.75) is 38.4 Å². The Kier molecular flexibility index (Phi) is 7.15. The van der Waals surface area contributed by atoms with Crippen molar-refractivity contribution in [1.82, 2.24) is 14.6 Å². The first kappa shape index (κ1) is 26.1. The maximum absolute atomic E-state index is 15.1. The fourth-order valence-electron chi connectivity index (χ4n) is 3.90.